The lowest BCUT2D eigenvalue weighted by Crippen LogP contribution is -2.57. The molecule has 0 amide bonds. The van der Waals surface area contributed by atoms with Gasteiger partial charge in [0.25, 0.3) is 0 Å². The van der Waals surface area contributed by atoms with Gasteiger partial charge in [0, 0.05) is 66.9 Å². The van der Waals surface area contributed by atoms with Crippen molar-refractivity contribution in [3.05, 3.63) is 42.1 Å². The molecule has 32 heavy (non-hydrogen) atoms. The summed E-state index contributed by atoms with van der Waals surface area (Å²) in [7, 11) is -3.02. The Labute approximate surface area is 188 Å². The lowest BCUT2D eigenvalue weighted by Gasteiger charge is -2.50. The van der Waals surface area contributed by atoms with Crippen molar-refractivity contribution in [3.63, 3.8) is 0 Å². The molecule has 0 radical (unpaired) electrons. The zero-order chi connectivity index (χ0) is 22.0. The molecule has 3 aromatic rings. The number of nitrogens with one attached hydrogen (secondary N) is 1. The van der Waals surface area contributed by atoms with Crippen molar-refractivity contribution in [2.75, 3.05) is 22.6 Å². The summed E-state index contributed by atoms with van der Waals surface area (Å²) in [6.45, 7) is 3.74. The number of rotatable bonds is 3. The zero-order valence-electron chi connectivity index (χ0n) is 18.4. The van der Waals surface area contributed by atoms with Crippen LogP contribution >= 0.6 is 0 Å². The summed E-state index contributed by atoms with van der Waals surface area (Å²) in [5.74, 6) is 1.17. The van der Waals surface area contributed by atoms with Gasteiger partial charge in [-0.1, -0.05) is 0 Å². The number of fused-ring (bicyclic) bond motifs is 5. The Morgan fingerprint density at radius 1 is 1.12 bits per heavy atom. The number of hydrogen-bond donors (Lipinski definition) is 1. The van der Waals surface area contributed by atoms with Crippen molar-refractivity contribution >= 4 is 32.4 Å². The molecule has 3 fully saturated rings. The van der Waals surface area contributed by atoms with Gasteiger partial charge < -0.3 is 14.8 Å². The minimum atomic E-state index is -3.02. The largest absolute Gasteiger partial charge is 0.363 e. The minimum Gasteiger partial charge on any atom is -0.363 e. The molecule has 1 N–H and O–H groups in total. The third-order valence-corrected chi connectivity index (χ3v) is 9.38. The number of H-pyrrole nitrogens is 1. The van der Waals surface area contributed by atoms with Gasteiger partial charge in [-0.25, -0.2) is 23.4 Å². The van der Waals surface area contributed by atoms with Gasteiger partial charge in [-0.15, -0.1) is 0 Å². The van der Waals surface area contributed by atoms with Gasteiger partial charge in [-0.05, 0) is 44.2 Å². The molecule has 1 saturated carbocycles. The molecule has 4 aliphatic rings. The molecule has 3 aromatic heterocycles. The molecule has 8 nitrogen and oxygen atoms in total. The van der Waals surface area contributed by atoms with Crippen molar-refractivity contribution < 1.29 is 8.42 Å². The molecule has 6 heterocycles. The Hall–Kier alpha value is -2.68. The Morgan fingerprint density at radius 2 is 2.00 bits per heavy atom. The van der Waals surface area contributed by atoms with Crippen LogP contribution in [0.15, 0.2) is 30.9 Å². The first-order valence-electron chi connectivity index (χ1n) is 11.4. The lowest BCUT2D eigenvalue weighted by molar-refractivity contribution is 0.252. The number of aromatic amines is 1. The Morgan fingerprint density at radius 3 is 2.78 bits per heavy atom. The molecule has 2 saturated heterocycles. The van der Waals surface area contributed by atoms with Crippen molar-refractivity contribution in [2.24, 2.45) is 5.92 Å². The van der Waals surface area contributed by atoms with E-state index in [0.717, 1.165) is 54.9 Å². The quantitative estimate of drug-likeness (QED) is 0.653. The molecule has 3 aliphatic heterocycles. The monoisotopic (exact) mass is 452 g/mol. The molecule has 0 spiro atoms. The summed E-state index contributed by atoms with van der Waals surface area (Å²) in [6, 6.07) is 4.69. The number of hydrogen-bond acceptors (Lipinski definition) is 7. The SMILES string of the molecule is C[C@@H]1Cc2ncnc(N3CC4CCC3CC4S(C)(=O)=O)c2CN1c1ccnc2[nH]ccc12. The van der Waals surface area contributed by atoms with E-state index in [1.54, 1.807) is 6.33 Å². The molecule has 4 atom stereocenters. The van der Waals surface area contributed by atoms with Crippen LogP contribution in [0.25, 0.3) is 11.0 Å². The highest BCUT2D eigenvalue weighted by Gasteiger charge is 2.46. The fraction of sp³-hybridized carbons (Fsp3) is 0.522. The van der Waals surface area contributed by atoms with Crippen molar-refractivity contribution in [2.45, 2.75) is 56.5 Å². The van der Waals surface area contributed by atoms with Gasteiger partial charge in [0.2, 0.25) is 0 Å². The molecule has 3 unspecified atom stereocenters. The van der Waals surface area contributed by atoms with Crippen LogP contribution < -0.4 is 9.80 Å². The molecular formula is C23H28N6O2S. The molecule has 168 valence electrons. The predicted molar refractivity (Wildman–Crippen MR) is 125 cm³/mol. The van der Waals surface area contributed by atoms with E-state index in [4.69, 9.17) is 4.98 Å². The van der Waals surface area contributed by atoms with E-state index in [9.17, 15) is 8.42 Å². The average Bonchev–Trinajstić information content (AvgIpc) is 3.27. The Balaban J connectivity index is 1.37. The highest BCUT2D eigenvalue weighted by Crippen LogP contribution is 2.42. The zero-order valence-corrected chi connectivity index (χ0v) is 19.2. The second-order valence-corrected chi connectivity index (χ2v) is 11.9. The normalized spacial score (nSPS) is 27.7. The Bertz CT molecular complexity index is 1290. The van der Waals surface area contributed by atoms with E-state index >= 15 is 0 Å². The minimum absolute atomic E-state index is 0.180. The topological polar surface area (TPSA) is 95.1 Å². The van der Waals surface area contributed by atoms with Crippen LogP contribution in [0.5, 0.6) is 0 Å². The molecule has 0 aromatic carbocycles. The van der Waals surface area contributed by atoms with Crippen LogP contribution in [0.2, 0.25) is 0 Å². The van der Waals surface area contributed by atoms with Crippen molar-refractivity contribution in [1.82, 2.24) is 19.9 Å². The van der Waals surface area contributed by atoms with Crippen LogP contribution in [-0.2, 0) is 22.8 Å². The van der Waals surface area contributed by atoms with Crippen LogP contribution in [0.4, 0.5) is 11.5 Å². The van der Waals surface area contributed by atoms with Crippen molar-refractivity contribution in [1.29, 1.82) is 0 Å². The maximum absolute atomic E-state index is 12.3. The van der Waals surface area contributed by atoms with Gasteiger partial charge in [-0.2, -0.15) is 0 Å². The van der Waals surface area contributed by atoms with E-state index in [1.165, 1.54) is 17.5 Å². The third kappa shape index (κ3) is 3.09. The highest BCUT2D eigenvalue weighted by atomic mass is 32.2. The average molecular weight is 453 g/mol. The second-order valence-electron chi connectivity index (χ2n) is 9.62. The predicted octanol–water partition coefficient (Wildman–Crippen LogP) is 2.71. The first-order chi connectivity index (χ1) is 15.4. The van der Waals surface area contributed by atoms with Crippen LogP contribution in [-0.4, -0.2) is 58.5 Å². The number of anilines is 2. The maximum Gasteiger partial charge on any atom is 0.150 e. The van der Waals surface area contributed by atoms with E-state index in [1.807, 2.05) is 12.4 Å². The molecule has 9 heteroatoms. The molecule has 7 rings (SSSR count). The molecule has 2 bridgehead atoms. The molecular weight excluding hydrogens is 424 g/mol. The lowest BCUT2D eigenvalue weighted by atomic mass is 9.79. The van der Waals surface area contributed by atoms with Crippen LogP contribution in [0.1, 0.15) is 37.4 Å². The second kappa shape index (κ2) is 7.16. The fourth-order valence-corrected chi connectivity index (χ4v) is 7.60. The van der Waals surface area contributed by atoms with Gasteiger partial charge in [0.15, 0.2) is 9.84 Å². The van der Waals surface area contributed by atoms with Gasteiger partial charge >= 0.3 is 0 Å². The van der Waals surface area contributed by atoms with E-state index in [-0.39, 0.29) is 17.2 Å². The van der Waals surface area contributed by atoms with Gasteiger partial charge in [0.1, 0.15) is 17.8 Å². The van der Waals surface area contributed by atoms with Gasteiger partial charge in [0.05, 0.1) is 10.9 Å². The van der Waals surface area contributed by atoms with E-state index in [2.05, 4.69) is 43.8 Å². The number of sulfone groups is 1. The van der Waals surface area contributed by atoms with Crippen LogP contribution in [0.3, 0.4) is 0 Å². The fourth-order valence-electron chi connectivity index (χ4n) is 6.11. The van der Waals surface area contributed by atoms with Crippen LogP contribution in [0, 0.1) is 5.92 Å². The smallest absolute Gasteiger partial charge is 0.150 e. The summed E-state index contributed by atoms with van der Waals surface area (Å²) in [5.41, 5.74) is 4.35. The Kier molecular flexibility index (Phi) is 4.47. The summed E-state index contributed by atoms with van der Waals surface area (Å²) in [4.78, 5) is 21.8. The first kappa shape index (κ1) is 20.0. The number of aromatic nitrogens is 4. The number of pyridine rings is 1. The van der Waals surface area contributed by atoms with Crippen molar-refractivity contribution in [3.8, 4) is 0 Å². The number of piperidine rings is 2. The highest BCUT2D eigenvalue weighted by molar-refractivity contribution is 7.91. The molecule has 1 aliphatic carbocycles. The number of nitrogens with zero attached hydrogens (tertiary/aromatic N) is 5. The van der Waals surface area contributed by atoms with E-state index < -0.39 is 9.84 Å². The summed E-state index contributed by atoms with van der Waals surface area (Å²) in [6.07, 6.45) is 10.4. The standard InChI is InChI=1S/C23H28N6O2S/c1-14-9-19-18(12-28(14)20-6-8-25-22-17(20)5-7-24-22)23(27-13-26-19)29-11-15-3-4-16(29)10-21(15)32(2,30)31/h5-8,13-16,21H,3-4,9-12H2,1-2H3,(H,24,25)/t14-,15?,16?,21?/m1/s1. The van der Waals surface area contributed by atoms with Gasteiger partial charge in [-0.3, -0.25) is 0 Å². The maximum atomic E-state index is 12.3. The summed E-state index contributed by atoms with van der Waals surface area (Å²) in [5, 5.41) is 0.902. The first-order valence-corrected chi connectivity index (χ1v) is 13.3. The third-order valence-electron chi connectivity index (χ3n) is 7.70. The van der Waals surface area contributed by atoms with E-state index in [0.29, 0.717) is 12.5 Å². The summed E-state index contributed by atoms with van der Waals surface area (Å²) < 4.78 is 24.6. The summed E-state index contributed by atoms with van der Waals surface area (Å²) >= 11 is 0.